The number of para-hydroxylation sites is 1. The molecule has 2 aromatic carbocycles. The molecule has 16 heteroatoms. The first-order valence-corrected chi connectivity index (χ1v) is 20.4. The number of allylic oxidation sites excluding steroid dienone is 2. The predicted octanol–water partition coefficient (Wildman–Crippen LogP) is 4.65. The molecule has 7 aromatic rings. The number of hydrogen-bond acceptors (Lipinski definition) is 10. The number of amides is 2. The molecule has 0 saturated carbocycles. The molecule has 2 amide bonds. The number of likely N-dealkylation sites (N-methyl/N-ethyl adjacent to an activating group) is 2. The summed E-state index contributed by atoms with van der Waals surface area (Å²) in [5, 5.41) is 26.8. The Morgan fingerprint density at radius 3 is 2.24 bits per heavy atom. The van der Waals surface area contributed by atoms with Crippen molar-refractivity contribution < 1.29 is 19.4 Å². The Hall–Kier alpha value is -7.62. The van der Waals surface area contributed by atoms with Gasteiger partial charge in [0.05, 0.1) is 53.9 Å². The number of pyridine rings is 1. The quantitative estimate of drug-likeness (QED) is 0.227. The number of rotatable bonds is 8. The van der Waals surface area contributed by atoms with Gasteiger partial charge in [-0.25, -0.2) is 4.68 Å². The second-order valence-electron chi connectivity index (χ2n) is 16.3. The lowest BCUT2D eigenvalue weighted by atomic mass is 9.82. The van der Waals surface area contributed by atoms with E-state index in [0.717, 1.165) is 44.7 Å². The van der Waals surface area contributed by atoms with Crippen LogP contribution in [0, 0.1) is 5.92 Å². The number of aryl methyl sites for hydroxylation is 1. The minimum absolute atomic E-state index is 0.0513. The Kier molecular flexibility index (Phi) is 9.23. The van der Waals surface area contributed by atoms with Gasteiger partial charge < -0.3 is 24.2 Å². The summed E-state index contributed by atoms with van der Waals surface area (Å²) in [7, 11) is 5.31. The van der Waals surface area contributed by atoms with E-state index in [1.165, 1.54) is 15.8 Å². The zero-order valence-corrected chi connectivity index (χ0v) is 34.3. The number of aromatic nitrogens is 8. The van der Waals surface area contributed by atoms with Crippen molar-refractivity contribution >= 4 is 33.6 Å². The lowest BCUT2D eigenvalue weighted by Crippen LogP contribution is -2.47. The average molecular weight is 831 g/mol. The molecule has 62 heavy (non-hydrogen) atoms. The summed E-state index contributed by atoms with van der Waals surface area (Å²) in [6.07, 6.45) is 14.6. The third-order valence-electron chi connectivity index (χ3n) is 12.6. The van der Waals surface area contributed by atoms with Gasteiger partial charge >= 0.3 is 0 Å². The van der Waals surface area contributed by atoms with Crippen LogP contribution in [0.25, 0.3) is 21.8 Å². The number of carbonyl (C=O) groups excluding carboxylic acids is 2. The van der Waals surface area contributed by atoms with E-state index >= 15 is 0 Å². The molecule has 0 bridgehead atoms. The molecule has 10 rings (SSSR count). The van der Waals surface area contributed by atoms with Gasteiger partial charge in [0.1, 0.15) is 6.10 Å². The van der Waals surface area contributed by atoms with Crippen molar-refractivity contribution in [2.24, 2.45) is 13.0 Å². The summed E-state index contributed by atoms with van der Waals surface area (Å²) in [5.41, 5.74) is 3.14. The van der Waals surface area contributed by atoms with Crippen LogP contribution >= 0.6 is 0 Å². The van der Waals surface area contributed by atoms with E-state index in [0.29, 0.717) is 6.54 Å². The van der Waals surface area contributed by atoms with Crippen molar-refractivity contribution in [2.75, 3.05) is 27.2 Å². The normalized spacial score (nSPS) is 20.9. The van der Waals surface area contributed by atoms with Crippen molar-refractivity contribution in [3.63, 3.8) is 0 Å². The molecule has 7 heterocycles. The Morgan fingerprint density at radius 1 is 0.758 bits per heavy atom. The molecule has 0 saturated heterocycles. The van der Waals surface area contributed by atoms with Gasteiger partial charge in [-0.15, -0.1) is 0 Å². The summed E-state index contributed by atoms with van der Waals surface area (Å²) in [6, 6.07) is 18.1. The smallest absolute Gasteiger partial charge is 0.275 e. The molecule has 1 N–H and O–H groups in total. The monoisotopic (exact) mass is 830 g/mol. The molecule has 0 radical (unpaired) electrons. The molecule has 2 aliphatic heterocycles. The van der Waals surface area contributed by atoms with E-state index in [1.54, 1.807) is 36.1 Å². The molecule has 0 spiro atoms. The predicted molar refractivity (Wildman–Crippen MR) is 229 cm³/mol. The summed E-state index contributed by atoms with van der Waals surface area (Å²) in [4.78, 5) is 61.9. The van der Waals surface area contributed by atoms with E-state index in [-0.39, 0.29) is 29.6 Å². The highest BCUT2D eigenvalue weighted by molar-refractivity contribution is 5.96. The fraction of sp³-hybridized carbons (Fsp3) is 0.261. The Balaban J connectivity index is 1.08. The molecular formula is C46H42N10O6. The fourth-order valence-corrected chi connectivity index (χ4v) is 9.59. The summed E-state index contributed by atoms with van der Waals surface area (Å²) < 4.78 is 13.8. The van der Waals surface area contributed by atoms with Crippen LogP contribution in [-0.4, -0.2) is 98.9 Å². The number of ether oxygens (including phenoxy) is 1. The van der Waals surface area contributed by atoms with E-state index in [9.17, 15) is 24.3 Å². The first kappa shape index (κ1) is 38.6. The number of nitrogens with zero attached hydrogens (tertiary/aromatic N) is 10. The standard InChI is InChI=1S/C46H42N10O6/c1-26-29(40(54-32-15-9-8-13-28(32)19-48-54)35-25-53(4)45(60)41-43(59)36(57)21-49-56(35)41)14-10-16-38(26)62-44-37(58)22-50-55-34(24-52(3)46(61)42(44)55)39(27-11-6-5-7-12-27)31-23-51(2)33-20-47-18-17-30(31)33/h5-23,26,34-35,38-40,59H,24-25H2,1-4H3/t26?,34-,35?,38?,39-,40?/m1/s1. The number of fused-ring (bicyclic) bond motifs is 4. The zero-order chi connectivity index (χ0) is 43.0. The maximum atomic E-state index is 14.4. The molecule has 4 unspecified atom stereocenters. The molecule has 16 nitrogen and oxygen atoms in total. The van der Waals surface area contributed by atoms with Gasteiger partial charge in [-0.1, -0.05) is 67.6 Å². The fourth-order valence-electron chi connectivity index (χ4n) is 9.59. The summed E-state index contributed by atoms with van der Waals surface area (Å²) in [5.74, 6) is -2.47. The second kappa shape index (κ2) is 14.8. The molecule has 6 atom stereocenters. The largest absolute Gasteiger partial charge is 0.502 e. The maximum absolute atomic E-state index is 14.4. The molecule has 1 aliphatic carbocycles. The topological polar surface area (TPSA) is 176 Å². The van der Waals surface area contributed by atoms with Crippen molar-refractivity contribution in [2.45, 2.75) is 37.1 Å². The van der Waals surface area contributed by atoms with Gasteiger partial charge in [-0.2, -0.15) is 15.3 Å². The van der Waals surface area contributed by atoms with Gasteiger partial charge in [0.15, 0.2) is 22.9 Å². The third-order valence-corrected chi connectivity index (χ3v) is 12.6. The van der Waals surface area contributed by atoms with Crippen molar-refractivity contribution in [1.82, 2.24) is 48.7 Å². The van der Waals surface area contributed by atoms with Crippen molar-refractivity contribution in [3.8, 4) is 11.5 Å². The molecule has 0 fully saturated rings. The van der Waals surface area contributed by atoms with E-state index in [1.807, 2.05) is 96.2 Å². The lowest BCUT2D eigenvalue weighted by Gasteiger charge is -2.41. The van der Waals surface area contributed by atoms with Crippen LogP contribution in [0.1, 0.15) is 63.1 Å². The minimum atomic E-state index is -0.764. The van der Waals surface area contributed by atoms with Crippen LogP contribution in [0.15, 0.2) is 131 Å². The number of carbonyl (C=O) groups is 2. The Labute approximate surface area is 354 Å². The van der Waals surface area contributed by atoms with Crippen LogP contribution in [0.2, 0.25) is 0 Å². The average Bonchev–Trinajstić information content (AvgIpc) is 3.85. The zero-order valence-electron chi connectivity index (χ0n) is 34.3. The van der Waals surface area contributed by atoms with Crippen LogP contribution in [-0.2, 0) is 7.05 Å². The molecule has 3 aliphatic rings. The van der Waals surface area contributed by atoms with Crippen LogP contribution in [0.5, 0.6) is 11.5 Å². The SMILES string of the molecule is CC1C(C(C2CN(C)C(=O)c3c(O)c(=O)cnn32)n2ncc3ccccc32)=CC=CC1Oc1c2n(ncc1=O)[C@@H]([C@H](c1ccccc1)c1cn(C)c3cnccc13)CN(C)C2=O. The highest BCUT2D eigenvalue weighted by Crippen LogP contribution is 2.45. The highest BCUT2D eigenvalue weighted by atomic mass is 16.5. The van der Waals surface area contributed by atoms with E-state index in [2.05, 4.69) is 33.5 Å². The Bertz CT molecular complexity index is 3130. The number of hydrogen-bond donors (Lipinski definition) is 1. The Morgan fingerprint density at radius 2 is 1.45 bits per heavy atom. The van der Waals surface area contributed by atoms with Crippen LogP contribution in [0.4, 0.5) is 0 Å². The van der Waals surface area contributed by atoms with Gasteiger partial charge in [-0.05, 0) is 34.9 Å². The van der Waals surface area contributed by atoms with Gasteiger partial charge in [0.25, 0.3) is 11.8 Å². The lowest BCUT2D eigenvalue weighted by molar-refractivity contribution is 0.0650. The second-order valence-corrected chi connectivity index (χ2v) is 16.3. The number of aromatic hydroxyl groups is 1. The maximum Gasteiger partial charge on any atom is 0.275 e. The molecule has 312 valence electrons. The highest BCUT2D eigenvalue weighted by Gasteiger charge is 2.44. The molecule has 5 aromatic heterocycles. The summed E-state index contributed by atoms with van der Waals surface area (Å²) >= 11 is 0. The van der Waals surface area contributed by atoms with E-state index in [4.69, 9.17) is 9.84 Å². The first-order chi connectivity index (χ1) is 30.0. The van der Waals surface area contributed by atoms with Gasteiger partial charge in [0, 0.05) is 69.2 Å². The molecular weight excluding hydrogens is 789 g/mol. The third kappa shape index (κ3) is 6.03. The van der Waals surface area contributed by atoms with E-state index < -0.39 is 58.6 Å². The summed E-state index contributed by atoms with van der Waals surface area (Å²) in [6.45, 7) is 2.44. The van der Waals surface area contributed by atoms with Gasteiger partial charge in [0.2, 0.25) is 10.9 Å². The van der Waals surface area contributed by atoms with Crippen LogP contribution < -0.4 is 15.6 Å². The van der Waals surface area contributed by atoms with Crippen molar-refractivity contribution in [3.05, 3.63) is 165 Å². The van der Waals surface area contributed by atoms with Crippen molar-refractivity contribution in [1.29, 1.82) is 0 Å². The van der Waals surface area contributed by atoms with Gasteiger partial charge in [-0.3, -0.25) is 33.5 Å². The van der Waals surface area contributed by atoms with Crippen LogP contribution in [0.3, 0.4) is 0 Å². The first-order valence-electron chi connectivity index (χ1n) is 20.4. The minimum Gasteiger partial charge on any atom is -0.502 e. The number of benzene rings is 2.